The first-order valence-electron chi connectivity index (χ1n) is 5.57. The molecule has 2 rings (SSSR count). The van der Waals surface area contributed by atoms with Gasteiger partial charge in [0.15, 0.2) is 0 Å². The number of halogens is 2. The molecule has 0 aliphatic rings. The molecule has 0 aromatic heterocycles. The van der Waals surface area contributed by atoms with Gasteiger partial charge >= 0.3 is 0 Å². The second-order valence-corrected chi connectivity index (χ2v) is 4.63. The molecular formula is C14H14ClFN2. The van der Waals surface area contributed by atoms with Gasteiger partial charge in [-0.2, -0.15) is 0 Å². The van der Waals surface area contributed by atoms with E-state index in [9.17, 15) is 4.39 Å². The van der Waals surface area contributed by atoms with E-state index < -0.39 is 0 Å². The van der Waals surface area contributed by atoms with Crippen LogP contribution in [0.2, 0.25) is 5.02 Å². The fraction of sp³-hybridized carbons (Fsp3) is 0.143. The van der Waals surface area contributed by atoms with E-state index in [0.717, 1.165) is 16.9 Å². The van der Waals surface area contributed by atoms with E-state index in [1.807, 2.05) is 13.0 Å². The first-order valence-corrected chi connectivity index (χ1v) is 5.94. The van der Waals surface area contributed by atoms with Crippen molar-refractivity contribution in [1.29, 1.82) is 0 Å². The summed E-state index contributed by atoms with van der Waals surface area (Å²) in [6.45, 7) is 3.65. The summed E-state index contributed by atoms with van der Waals surface area (Å²) >= 11 is 5.98. The molecule has 94 valence electrons. The normalized spacial score (nSPS) is 10.4. The summed E-state index contributed by atoms with van der Waals surface area (Å²) < 4.78 is 13.4. The number of anilines is 3. The molecule has 0 unspecified atom stereocenters. The minimum atomic E-state index is -0.237. The molecule has 0 aliphatic heterocycles. The average molecular weight is 265 g/mol. The van der Waals surface area contributed by atoms with Gasteiger partial charge in [-0.25, -0.2) is 4.39 Å². The second-order valence-electron chi connectivity index (χ2n) is 4.23. The van der Waals surface area contributed by atoms with Gasteiger partial charge in [-0.05, 0) is 43.7 Å². The molecule has 2 aromatic rings. The van der Waals surface area contributed by atoms with E-state index in [4.69, 9.17) is 17.3 Å². The molecule has 0 fully saturated rings. The lowest BCUT2D eigenvalue weighted by Crippen LogP contribution is -1.98. The molecule has 0 amide bonds. The van der Waals surface area contributed by atoms with Crippen molar-refractivity contribution >= 4 is 28.7 Å². The third-order valence-electron chi connectivity index (χ3n) is 2.88. The fourth-order valence-corrected chi connectivity index (χ4v) is 1.89. The zero-order chi connectivity index (χ0) is 13.3. The Morgan fingerprint density at radius 1 is 1.17 bits per heavy atom. The van der Waals surface area contributed by atoms with Crippen LogP contribution in [0.1, 0.15) is 11.1 Å². The number of hydrogen-bond acceptors (Lipinski definition) is 2. The molecule has 0 saturated carbocycles. The van der Waals surface area contributed by atoms with Gasteiger partial charge in [0, 0.05) is 16.9 Å². The highest BCUT2D eigenvalue weighted by Crippen LogP contribution is 2.30. The third-order valence-corrected chi connectivity index (χ3v) is 3.21. The van der Waals surface area contributed by atoms with Gasteiger partial charge in [-0.1, -0.05) is 17.7 Å². The van der Waals surface area contributed by atoms with Gasteiger partial charge in [0.1, 0.15) is 5.82 Å². The Morgan fingerprint density at radius 3 is 2.61 bits per heavy atom. The predicted octanol–water partition coefficient (Wildman–Crippen LogP) is 4.42. The van der Waals surface area contributed by atoms with Crippen LogP contribution in [-0.2, 0) is 0 Å². The summed E-state index contributed by atoms with van der Waals surface area (Å²) in [5, 5.41) is 3.65. The van der Waals surface area contributed by atoms with Crippen molar-refractivity contribution in [3.8, 4) is 0 Å². The van der Waals surface area contributed by atoms with Crippen LogP contribution in [0.5, 0.6) is 0 Å². The Labute approximate surface area is 111 Å². The van der Waals surface area contributed by atoms with Crippen molar-refractivity contribution in [2.75, 3.05) is 11.1 Å². The molecule has 0 atom stereocenters. The van der Waals surface area contributed by atoms with Crippen molar-refractivity contribution in [2.45, 2.75) is 13.8 Å². The molecule has 0 saturated heterocycles. The Bertz CT molecular complexity index is 597. The van der Waals surface area contributed by atoms with Gasteiger partial charge < -0.3 is 11.1 Å². The van der Waals surface area contributed by atoms with Crippen LogP contribution in [0, 0.1) is 19.7 Å². The quantitative estimate of drug-likeness (QED) is 0.788. The van der Waals surface area contributed by atoms with E-state index in [-0.39, 0.29) is 5.82 Å². The van der Waals surface area contributed by atoms with E-state index in [1.165, 1.54) is 6.07 Å². The van der Waals surface area contributed by atoms with Gasteiger partial charge in [0.2, 0.25) is 0 Å². The van der Waals surface area contributed by atoms with Crippen LogP contribution in [0.25, 0.3) is 0 Å². The lowest BCUT2D eigenvalue weighted by atomic mass is 10.1. The third kappa shape index (κ3) is 2.41. The first-order chi connectivity index (χ1) is 8.49. The largest absolute Gasteiger partial charge is 0.398 e. The Hall–Kier alpha value is -1.74. The van der Waals surface area contributed by atoms with Crippen LogP contribution in [0.4, 0.5) is 21.5 Å². The first kappa shape index (κ1) is 12.7. The molecule has 2 nitrogen and oxygen atoms in total. The van der Waals surface area contributed by atoms with Gasteiger partial charge in [-0.15, -0.1) is 0 Å². The smallest absolute Gasteiger partial charge is 0.128 e. The molecule has 0 bridgehead atoms. The van der Waals surface area contributed by atoms with Crippen molar-refractivity contribution in [3.63, 3.8) is 0 Å². The van der Waals surface area contributed by atoms with E-state index in [0.29, 0.717) is 16.3 Å². The maximum Gasteiger partial charge on any atom is 0.128 e. The number of nitrogens with two attached hydrogens (primary N) is 1. The number of benzene rings is 2. The number of rotatable bonds is 2. The number of nitrogen functional groups attached to an aromatic ring is 1. The summed E-state index contributed by atoms with van der Waals surface area (Å²) in [5.41, 5.74) is 9.33. The van der Waals surface area contributed by atoms with Crippen LogP contribution >= 0.6 is 11.6 Å². The predicted molar refractivity (Wildman–Crippen MR) is 75.0 cm³/mol. The lowest BCUT2D eigenvalue weighted by Gasteiger charge is -2.13. The molecule has 18 heavy (non-hydrogen) atoms. The minimum absolute atomic E-state index is 0.237. The van der Waals surface area contributed by atoms with Crippen molar-refractivity contribution in [3.05, 3.63) is 52.3 Å². The number of aryl methyl sites for hydroxylation is 1. The maximum absolute atomic E-state index is 13.4. The molecular weight excluding hydrogens is 251 g/mol. The Kier molecular flexibility index (Phi) is 3.43. The number of nitrogens with one attached hydrogen (secondary N) is 1. The van der Waals surface area contributed by atoms with Crippen molar-refractivity contribution in [2.24, 2.45) is 0 Å². The fourth-order valence-electron chi connectivity index (χ4n) is 1.73. The summed E-state index contributed by atoms with van der Waals surface area (Å²) in [6, 6.07) is 8.46. The monoisotopic (exact) mass is 264 g/mol. The van der Waals surface area contributed by atoms with Crippen LogP contribution in [0.3, 0.4) is 0 Å². The second kappa shape index (κ2) is 4.86. The van der Waals surface area contributed by atoms with Crippen molar-refractivity contribution in [1.82, 2.24) is 0 Å². The topological polar surface area (TPSA) is 38.0 Å². The zero-order valence-electron chi connectivity index (χ0n) is 10.2. The van der Waals surface area contributed by atoms with Gasteiger partial charge in [-0.3, -0.25) is 0 Å². The zero-order valence-corrected chi connectivity index (χ0v) is 11.0. The molecule has 4 heteroatoms. The van der Waals surface area contributed by atoms with E-state index in [1.54, 1.807) is 25.1 Å². The van der Waals surface area contributed by atoms with E-state index in [2.05, 4.69) is 5.32 Å². The summed E-state index contributed by atoms with van der Waals surface area (Å²) in [5.74, 6) is -0.237. The Morgan fingerprint density at radius 2 is 1.89 bits per heavy atom. The lowest BCUT2D eigenvalue weighted by molar-refractivity contribution is 0.619. The standard InChI is InChI=1S/C14H14ClFN2/c1-8-6-12(17)10(15)7-14(8)18-13-5-3-4-11(16)9(13)2/h3-7,18H,17H2,1-2H3. The van der Waals surface area contributed by atoms with Crippen molar-refractivity contribution < 1.29 is 4.39 Å². The SMILES string of the molecule is Cc1cc(N)c(Cl)cc1Nc1cccc(F)c1C. The van der Waals surface area contributed by atoms with Gasteiger partial charge in [0.05, 0.1) is 10.7 Å². The van der Waals surface area contributed by atoms with E-state index >= 15 is 0 Å². The van der Waals surface area contributed by atoms with Gasteiger partial charge in [0.25, 0.3) is 0 Å². The Balaban J connectivity index is 2.40. The van der Waals surface area contributed by atoms with Crippen LogP contribution in [-0.4, -0.2) is 0 Å². The summed E-state index contributed by atoms with van der Waals surface area (Å²) in [7, 11) is 0. The molecule has 0 spiro atoms. The van der Waals surface area contributed by atoms with Crippen LogP contribution < -0.4 is 11.1 Å². The highest BCUT2D eigenvalue weighted by Gasteiger charge is 2.07. The number of hydrogen-bond donors (Lipinski definition) is 2. The molecule has 3 N–H and O–H groups in total. The summed E-state index contributed by atoms with van der Waals surface area (Å²) in [6.07, 6.45) is 0. The molecule has 0 heterocycles. The highest BCUT2D eigenvalue weighted by atomic mass is 35.5. The molecule has 0 radical (unpaired) electrons. The highest BCUT2D eigenvalue weighted by molar-refractivity contribution is 6.33. The average Bonchev–Trinajstić information content (AvgIpc) is 2.32. The van der Waals surface area contributed by atoms with Crippen LogP contribution in [0.15, 0.2) is 30.3 Å². The maximum atomic E-state index is 13.4. The minimum Gasteiger partial charge on any atom is -0.398 e. The molecule has 0 aliphatic carbocycles. The molecule has 2 aromatic carbocycles. The summed E-state index contributed by atoms with van der Waals surface area (Å²) in [4.78, 5) is 0.